The molecule has 0 saturated carbocycles. The highest BCUT2D eigenvalue weighted by Crippen LogP contribution is 2.28. The van der Waals surface area contributed by atoms with Gasteiger partial charge in [0.15, 0.2) is 0 Å². The van der Waals surface area contributed by atoms with Crippen molar-refractivity contribution < 1.29 is 19.3 Å². The van der Waals surface area contributed by atoms with Crippen molar-refractivity contribution in [2.24, 2.45) is 0 Å². The van der Waals surface area contributed by atoms with Crippen LogP contribution in [-0.2, 0) is 15.9 Å². The van der Waals surface area contributed by atoms with Crippen LogP contribution in [0.15, 0.2) is 18.2 Å². The van der Waals surface area contributed by atoms with Gasteiger partial charge in [-0.25, -0.2) is 0 Å². The molecule has 1 atom stereocenters. The smallest absolute Gasteiger partial charge is 0.122 e. The predicted molar refractivity (Wildman–Crippen MR) is 63.3 cm³/mol. The van der Waals surface area contributed by atoms with E-state index in [1.807, 2.05) is 18.2 Å². The second-order valence-corrected chi connectivity index (χ2v) is 4.05. The number of rotatable bonds is 6. The lowest BCUT2D eigenvalue weighted by Crippen LogP contribution is -2.10. The van der Waals surface area contributed by atoms with Crippen LogP contribution in [0, 0.1) is 0 Å². The van der Waals surface area contributed by atoms with Gasteiger partial charge in [-0.2, -0.15) is 0 Å². The van der Waals surface area contributed by atoms with Gasteiger partial charge in [0.25, 0.3) is 0 Å². The third kappa shape index (κ3) is 3.19. The molecule has 1 N–H and O–H groups in total. The molecule has 0 saturated heterocycles. The second-order valence-electron chi connectivity index (χ2n) is 4.05. The maximum absolute atomic E-state index is 9.94. The summed E-state index contributed by atoms with van der Waals surface area (Å²) in [4.78, 5) is 0. The molecule has 4 heteroatoms. The zero-order chi connectivity index (χ0) is 12.1. The Kier molecular flexibility index (Phi) is 4.36. The third-order valence-electron chi connectivity index (χ3n) is 2.81. The Morgan fingerprint density at radius 2 is 2.29 bits per heavy atom. The molecule has 1 aliphatic heterocycles. The zero-order valence-corrected chi connectivity index (χ0v) is 10.0. The van der Waals surface area contributed by atoms with Crippen LogP contribution in [0.1, 0.15) is 17.2 Å². The largest absolute Gasteiger partial charge is 0.493 e. The van der Waals surface area contributed by atoms with Crippen LogP contribution in [0.2, 0.25) is 0 Å². The highest BCUT2D eigenvalue weighted by Gasteiger charge is 2.15. The van der Waals surface area contributed by atoms with Crippen molar-refractivity contribution in [1.82, 2.24) is 0 Å². The van der Waals surface area contributed by atoms with E-state index in [0.717, 1.165) is 24.3 Å². The van der Waals surface area contributed by atoms with Gasteiger partial charge in [-0.05, 0) is 23.3 Å². The minimum atomic E-state index is -0.585. The van der Waals surface area contributed by atoms with Gasteiger partial charge < -0.3 is 19.3 Å². The minimum absolute atomic E-state index is 0.295. The van der Waals surface area contributed by atoms with E-state index < -0.39 is 6.10 Å². The predicted octanol–water partition coefficient (Wildman–Crippen LogP) is 1.32. The molecule has 1 heterocycles. The van der Waals surface area contributed by atoms with Crippen molar-refractivity contribution in [3.63, 3.8) is 0 Å². The average Bonchev–Trinajstić information content (AvgIpc) is 2.81. The van der Waals surface area contributed by atoms with Crippen LogP contribution in [0.3, 0.4) is 0 Å². The summed E-state index contributed by atoms with van der Waals surface area (Å²) in [5.74, 6) is 0.932. The summed E-state index contributed by atoms with van der Waals surface area (Å²) in [6, 6.07) is 5.79. The lowest BCUT2D eigenvalue weighted by Gasteiger charge is -2.12. The summed E-state index contributed by atoms with van der Waals surface area (Å²) in [6.07, 6.45) is 0.332. The second kappa shape index (κ2) is 6.00. The first-order valence-corrected chi connectivity index (χ1v) is 5.81. The van der Waals surface area contributed by atoms with Crippen LogP contribution in [0.4, 0.5) is 0 Å². The van der Waals surface area contributed by atoms with Crippen LogP contribution in [0.25, 0.3) is 0 Å². The Bertz CT molecular complexity index is 364. The van der Waals surface area contributed by atoms with Gasteiger partial charge in [0.1, 0.15) is 11.9 Å². The molecular formula is C13H18O4. The van der Waals surface area contributed by atoms with Gasteiger partial charge in [0.05, 0.1) is 26.4 Å². The van der Waals surface area contributed by atoms with Gasteiger partial charge in [-0.15, -0.1) is 0 Å². The Balaban J connectivity index is 1.88. The van der Waals surface area contributed by atoms with Crippen molar-refractivity contribution in [3.8, 4) is 5.75 Å². The molecule has 0 spiro atoms. The highest BCUT2D eigenvalue weighted by atomic mass is 16.5. The molecule has 0 amide bonds. The molecular weight excluding hydrogens is 220 g/mol. The first kappa shape index (κ1) is 12.4. The standard InChI is InChI=1S/C13H18O4/c1-15-6-7-16-9-12(14)10-2-3-13-11(8-10)4-5-17-13/h2-3,8,12,14H,4-7,9H2,1H3. The van der Waals surface area contributed by atoms with Gasteiger partial charge in [-0.3, -0.25) is 0 Å². The first-order valence-electron chi connectivity index (χ1n) is 5.81. The van der Waals surface area contributed by atoms with Crippen molar-refractivity contribution >= 4 is 0 Å². The van der Waals surface area contributed by atoms with E-state index >= 15 is 0 Å². The molecule has 0 bridgehead atoms. The fraction of sp³-hybridized carbons (Fsp3) is 0.538. The molecule has 4 nitrogen and oxygen atoms in total. The molecule has 0 aliphatic carbocycles. The van der Waals surface area contributed by atoms with Crippen LogP contribution < -0.4 is 4.74 Å². The lowest BCUT2D eigenvalue weighted by molar-refractivity contribution is 0.0126. The number of benzene rings is 1. The zero-order valence-electron chi connectivity index (χ0n) is 10.0. The Labute approximate surface area is 101 Å². The number of hydrogen-bond acceptors (Lipinski definition) is 4. The molecule has 1 aromatic rings. The molecule has 1 aromatic carbocycles. The molecule has 2 rings (SSSR count). The number of ether oxygens (including phenoxy) is 3. The number of aliphatic hydroxyl groups is 1. The number of hydrogen-bond donors (Lipinski definition) is 1. The minimum Gasteiger partial charge on any atom is -0.493 e. The molecule has 0 aromatic heterocycles. The SMILES string of the molecule is COCCOCC(O)c1ccc2c(c1)CCO2. The normalized spacial score (nSPS) is 15.4. The van der Waals surface area contributed by atoms with E-state index in [9.17, 15) is 5.11 Å². The molecule has 0 fully saturated rings. The Morgan fingerprint density at radius 3 is 3.12 bits per heavy atom. The van der Waals surface area contributed by atoms with Gasteiger partial charge >= 0.3 is 0 Å². The molecule has 17 heavy (non-hydrogen) atoms. The third-order valence-corrected chi connectivity index (χ3v) is 2.81. The quantitative estimate of drug-likeness (QED) is 0.759. The van der Waals surface area contributed by atoms with Crippen LogP contribution in [-0.4, -0.2) is 38.6 Å². The highest BCUT2D eigenvalue weighted by molar-refractivity contribution is 5.40. The molecule has 1 aliphatic rings. The van der Waals surface area contributed by atoms with Gasteiger partial charge in [0.2, 0.25) is 0 Å². The summed E-state index contributed by atoms with van der Waals surface area (Å²) in [5, 5.41) is 9.94. The summed E-state index contributed by atoms with van der Waals surface area (Å²) >= 11 is 0. The number of aliphatic hydroxyl groups excluding tert-OH is 1. The van der Waals surface area contributed by atoms with Crippen LogP contribution >= 0.6 is 0 Å². The van der Waals surface area contributed by atoms with E-state index in [1.165, 1.54) is 5.56 Å². The Morgan fingerprint density at radius 1 is 1.41 bits per heavy atom. The van der Waals surface area contributed by atoms with Crippen molar-refractivity contribution in [3.05, 3.63) is 29.3 Å². The van der Waals surface area contributed by atoms with Gasteiger partial charge in [-0.1, -0.05) is 6.07 Å². The summed E-state index contributed by atoms with van der Waals surface area (Å²) in [5.41, 5.74) is 2.05. The molecule has 94 valence electrons. The summed E-state index contributed by atoms with van der Waals surface area (Å²) < 4.78 is 15.6. The fourth-order valence-electron chi connectivity index (χ4n) is 1.85. The maximum atomic E-state index is 9.94. The summed E-state index contributed by atoms with van der Waals surface area (Å²) in [6.45, 7) is 2.08. The van der Waals surface area contributed by atoms with E-state index in [0.29, 0.717) is 19.8 Å². The lowest BCUT2D eigenvalue weighted by atomic mass is 10.0. The van der Waals surface area contributed by atoms with Crippen LogP contribution in [0.5, 0.6) is 5.75 Å². The topological polar surface area (TPSA) is 47.9 Å². The fourth-order valence-corrected chi connectivity index (χ4v) is 1.85. The summed E-state index contributed by atoms with van der Waals surface area (Å²) in [7, 11) is 1.63. The Hall–Kier alpha value is -1.10. The maximum Gasteiger partial charge on any atom is 0.122 e. The van der Waals surface area contributed by atoms with E-state index in [2.05, 4.69) is 0 Å². The monoisotopic (exact) mass is 238 g/mol. The molecule has 0 radical (unpaired) electrons. The molecule has 1 unspecified atom stereocenters. The van der Waals surface area contributed by atoms with E-state index in [4.69, 9.17) is 14.2 Å². The number of methoxy groups -OCH3 is 1. The van der Waals surface area contributed by atoms with Crippen molar-refractivity contribution in [2.75, 3.05) is 33.5 Å². The number of fused-ring (bicyclic) bond motifs is 1. The average molecular weight is 238 g/mol. The van der Waals surface area contributed by atoms with E-state index in [1.54, 1.807) is 7.11 Å². The van der Waals surface area contributed by atoms with Crippen molar-refractivity contribution in [1.29, 1.82) is 0 Å². The van der Waals surface area contributed by atoms with E-state index in [-0.39, 0.29) is 0 Å². The van der Waals surface area contributed by atoms with Gasteiger partial charge in [0, 0.05) is 13.5 Å². The van der Waals surface area contributed by atoms with Crippen molar-refractivity contribution in [2.45, 2.75) is 12.5 Å². The first-order chi connectivity index (χ1) is 8.31.